The molecular weight excluding hydrogens is 348 g/mol. The van der Waals surface area contributed by atoms with E-state index in [0.717, 1.165) is 0 Å². The quantitative estimate of drug-likeness (QED) is 0.521. The van der Waals surface area contributed by atoms with Gasteiger partial charge >= 0.3 is 11.9 Å². The first-order chi connectivity index (χ1) is 12.5. The summed E-state index contributed by atoms with van der Waals surface area (Å²) >= 11 is 0. The molecule has 0 spiro atoms. The Morgan fingerprint density at radius 2 is 1.93 bits per heavy atom. The van der Waals surface area contributed by atoms with Crippen LogP contribution in [0.4, 0.5) is 0 Å². The summed E-state index contributed by atoms with van der Waals surface area (Å²) in [4.78, 5) is 38.8. The molecule has 7 nitrogen and oxygen atoms in total. The third-order valence-electron chi connectivity index (χ3n) is 3.75. The second-order valence-electron chi connectivity index (χ2n) is 7.76. The molecule has 1 aromatic heterocycles. The SMILES string of the molecule is CC(=O)O[C@H](C[C@@H](NCC(=O)OC(C)(C)C)C(C)C)c1cccc(C=O)n1. The average molecular weight is 378 g/mol. The highest BCUT2D eigenvalue weighted by Gasteiger charge is 2.25. The Labute approximate surface area is 160 Å². The number of aromatic nitrogens is 1. The number of carbonyl (C=O) groups is 3. The number of hydrogen-bond donors (Lipinski definition) is 1. The molecule has 0 radical (unpaired) electrons. The van der Waals surface area contributed by atoms with Crippen LogP contribution in [0.5, 0.6) is 0 Å². The molecule has 0 aliphatic rings. The van der Waals surface area contributed by atoms with Crippen molar-refractivity contribution in [1.29, 1.82) is 0 Å². The highest BCUT2D eigenvalue weighted by Crippen LogP contribution is 2.24. The predicted octanol–water partition coefficient (Wildman–Crippen LogP) is 2.84. The van der Waals surface area contributed by atoms with E-state index < -0.39 is 17.7 Å². The highest BCUT2D eigenvalue weighted by molar-refractivity contribution is 5.72. The summed E-state index contributed by atoms with van der Waals surface area (Å²) in [5, 5.41) is 3.18. The summed E-state index contributed by atoms with van der Waals surface area (Å²) in [5.41, 5.74) is 0.220. The fourth-order valence-electron chi connectivity index (χ4n) is 2.56. The topological polar surface area (TPSA) is 94.6 Å². The van der Waals surface area contributed by atoms with Gasteiger partial charge in [0.15, 0.2) is 6.29 Å². The van der Waals surface area contributed by atoms with E-state index in [4.69, 9.17) is 9.47 Å². The number of nitrogens with zero attached hydrogens (tertiary/aromatic N) is 1. The molecule has 27 heavy (non-hydrogen) atoms. The van der Waals surface area contributed by atoms with Crippen molar-refractivity contribution in [2.45, 2.75) is 65.7 Å². The van der Waals surface area contributed by atoms with Crippen LogP contribution in [0.2, 0.25) is 0 Å². The van der Waals surface area contributed by atoms with Crippen LogP contribution in [0.15, 0.2) is 18.2 Å². The number of rotatable bonds is 9. The maximum absolute atomic E-state index is 12.0. The highest BCUT2D eigenvalue weighted by atomic mass is 16.6. The van der Waals surface area contributed by atoms with Crippen molar-refractivity contribution < 1.29 is 23.9 Å². The van der Waals surface area contributed by atoms with Gasteiger partial charge in [-0.05, 0) is 38.8 Å². The summed E-state index contributed by atoms with van der Waals surface area (Å²) in [5.74, 6) is -0.619. The maximum Gasteiger partial charge on any atom is 0.320 e. The Balaban J connectivity index is 2.88. The van der Waals surface area contributed by atoms with Crippen molar-refractivity contribution in [3.8, 4) is 0 Å². The summed E-state index contributed by atoms with van der Waals surface area (Å²) < 4.78 is 10.7. The van der Waals surface area contributed by atoms with Crippen LogP contribution >= 0.6 is 0 Å². The molecule has 0 bridgehead atoms. The van der Waals surface area contributed by atoms with E-state index in [1.807, 2.05) is 34.6 Å². The lowest BCUT2D eigenvalue weighted by Crippen LogP contribution is -2.41. The second-order valence-corrected chi connectivity index (χ2v) is 7.76. The van der Waals surface area contributed by atoms with E-state index in [2.05, 4.69) is 10.3 Å². The minimum atomic E-state index is -0.624. The molecule has 0 saturated carbocycles. The lowest BCUT2D eigenvalue weighted by atomic mass is 9.96. The van der Waals surface area contributed by atoms with Crippen molar-refractivity contribution in [1.82, 2.24) is 10.3 Å². The zero-order chi connectivity index (χ0) is 20.6. The summed E-state index contributed by atoms with van der Waals surface area (Å²) in [6, 6.07) is 4.87. The van der Waals surface area contributed by atoms with Crippen molar-refractivity contribution in [3.05, 3.63) is 29.6 Å². The Hall–Kier alpha value is -2.28. The van der Waals surface area contributed by atoms with Crippen molar-refractivity contribution in [2.24, 2.45) is 5.92 Å². The Morgan fingerprint density at radius 1 is 1.26 bits per heavy atom. The van der Waals surface area contributed by atoms with Gasteiger partial charge < -0.3 is 14.8 Å². The lowest BCUT2D eigenvalue weighted by Gasteiger charge is -2.27. The number of ether oxygens (including phenoxy) is 2. The molecule has 0 aliphatic heterocycles. The molecule has 1 N–H and O–H groups in total. The molecule has 1 heterocycles. The van der Waals surface area contributed by atoms with Gasteiger partial charge in [-0.2, -0.15) is 0 Å². The largest absolute Gasteiger partial charge is 0.459 e. The molecule has 150 valence electrons. The van der Waals surface area contributed by atoms with Gasteiger partial charge in [0, 0.05) is 19.4 Å². The fourth-order valence-corrected chi connectivity index (χ4v) is 2.56. The van der Waals surface area contributed by atoms with Gasteiger partial charge in [0.2, 0.25) is 0 Å². The Kier molecular flexibility index (Phi) is 8.56. The van der Waals surface area contributed by atoms with Crippen molar-refractivity contribution in [3.63, 3.8) is 0 Å². The van der Waals surface area contributed by atoms with Gasteiger partial charge in [-0.1, -0.05) is 19.9 Å². The number of aldehydes is 1. The fraction of sp³-hybridized carbons (Fsp3) is 0.600. The lowest BCUT2D eigenvalue weighted by molar-refractivity contribution is -0.154. The minimum absolute atomic E-state index is 0.0503. The van der Waals surface area contributed by atoms with Crippen molar-refractivity contribution >= 4 is 18.2 Å². The van der Waals surface area contributed by atoms with Crippen LogP contribution < -0.4 is 5.32 Å². The van der Waals surface area contributed by atoms with Crippen LogP contribution in [0, 0.1) is 5.92 Å². The zero-order valence-corrected chi connectivity index (χ0v) is 16.9. The van der Waals surface area contributed by atoms with Crippen LogP contribution in [-0.2, 0) is 19.1 Å². The molecule has 0 fully saturated rings. The van der Waals surface area contributed by atoms with Crippen molar-refractivity contribution in [2.75, 3.05) is 6.54 Å². The molecule has 1 rings (SSSR count). The molecule has 0 aliphatic carbocycles. The van der Waals surface area contributed by atoms with E-state index in [9.17, 15) is 14.4 Å². The molecule has 0 amide bonds. The van der Waals surface area contributed by atoms with E-state index in [1.54, 1.807) is 18.2 Å². The minimum Gasteiger partial charge on any atom is -0.459 e. The average Bonchev–Trinajstić information content (AvgIpc) is 2.55. The third kappa shape index (κ3) is 8.77. The van der Waals surface area contributed by atoms with Gasteiger partial charge in [-0.25, -0.2) is 4.98 Å². The van der Waals surface area contributed by atoms with Crippen LogP contribution in [0.1, 0.15) is 70.2 Å². The van der Waals surface area contributed by atoms with Gasteiger partial charge in [0.05, 0.1) is 12.2 Å². The number of esters is 2. The van der Waals surface area contributed by atoms with Gasteiger partial charge in [-0.15, -0.1) is 0 Å². The first-order valence-corrected chi connectivity index (χ1v) is 9.06. The van der Waals surface area contributed by atoms with E-state index in [-0.39, 0.29) is 30.2 Å². The molecule has 0 aromatic carbocycles. The number of nitrogens with one attached hydrogen (secondary N) is 1. The molecule has 2 atom stereocenters. The molecule has 1 aromatic rings. The Bertz CT molecular complexity index is 652. The Morgan fingerprint density at radius 3 is 2.44 bits per heavy atom. The number of carbonyl (C=O) groups excluding carboxylic acids is 3. The summed E-state index contributed by atoms with van der Waals surface area (Å²) in [6.45, 7) is 10.8. The number of hydrogen-bond acceptors (Lipinski definition) is 7. The normalized spacial score (nSPS) is 13.7. The van der Waals surface area contributed by atoms with E-state index in [0.29, 0.717) is 18.4 Å². The van der Waals surface area contributed by atoms with Crippen LogP contribution in [-0.4, -0.2) is 41.4 Å². The standard InChI is InChI=1S/C20H30N2O5/c1-13(2)17(21-11-19(25)27-20(4,5)6)10-18(26-14(3)24)16-9-7-8-15(12-23)22-16/h7-9,12-13,17-18,21H,10-11H2,1-6H3/t17-,18-/m1/s1. The van der Waals surface area contributed by atoms with Gasteiger partial charge in [-0.3, -0.25) is 14.4 Å². The molecule has 7 heteroatoms. The smallest absolute Gasteiger partial charge is 0.320 e. The number of pyridine rings is 1. The predicted molar refractivity (Wildman–Crippen MR) is 101 cm³/mol. The summed E-state index contributed by atoms with van der Waals surface area (Å²) in [6.07, 6.45) is 0.436. The zero-order valence-electron chi connectivity index (χ0n) is 16.9. The van der Waals surface area contributed by atoms with Gasteiger partial charge in [0.1, 0.15) is 17.4 Å². The molecular formula is C20H30N2O5. The van der Waals surface area contributed by atoms with Crippen LogP contribution in [0.25, 0.3) is 0 Å². The summed E-state index contributed by atoms with van der Waals surface area (Å²) in [7, 11) is 0. The monoisotopic (exact) mass is 378 g/mol. The maximum atomic E-state index is 12.0. The molecule has 0 saturated heterocycles. The molecule has 0 unspecified atom stereocenters. The second kappa shape index (κ2) is 10.2. The third-order valence-corrected chi connectivity index (χ3v) is 3.75. The van der Waals surface area contributed by atoms with Gasteiger partial charge in [0.25, 0.3) is 0 Å². The first kappa shape index (κ1) is 22.8. The van der Waals surface area contributed by atoms with E-state index in [1.165, 1.54) is 6.92 Å². The van der Waals surface area contributed by atoms with Crippen LogP contribution in [0.3, 0.4) is 0 Å². The first-order valence-electron chi connectivity index (χ1n) is 9.06. The van der Waals surface area contributed by atoms with E-state index >= 15 is 0 Å².